The van der Waals surface area contributed by atoms with Gasteiger partial charge in [0.25, 0.3) is 0 Å². The lowest BCUT2D eigenvalue weighted by molar-refractivity contribution is -0.116. The number of aromatic nitrogens is 2. The van der Waals surface area contributed by atoms with E-state index < -0.39 is 0 Å². The number of para-hydroxylation sites is 1. The molecule has 3 amide bonds. The van der Waals surface area contributed by atoms with Crippen molar-refractivity contribution < 1.29 is 9.59 Å². The van der Waals surface area contributed by atoms with Crippen LogP contribution >= 0.6 is 0 Å². The molecule has 7 nitrogen and oxygen atoms in total. The van der Waals surface area contributed by atoms with E-state index in [1.54, 1.807) is 24.3 Å². The number of carbonyl (C=O) groups excluding carboxylic acids is 2. The Morgan fingerprint density at radius 3 is 2.03 bits per heavy atom. The number of hydrogen-bond donors (Lipinski definition) is 3. The SMILES string of the molecule is Cc1nn(CC(C)C)c(C)c1CCC(=O)Nc1ccc(NC(=O)Nc2ccccc2)cc1. The highest BCUT2D eigenvalue weighted by Gasteiger charge is 2.14. The molecule has 3 rings (SSSR count). The molecule has 0 spiro atoms. The molecule has 0 radical (unpaired) electrons. The van der Waals surface area contributed by atoms with E-state index in [1.807, 2.05) is 41.9 Å². The minimum atomic E-state index is -0.322. The Labute approximate surface area is 189 Å². The molecule has 0 saturated carbocycles. The Hall–Kier alpha value is -3.61. The number of benzene rings is 2. The number of aryl methyl sites for hydroxylation is 1. The van der Waals surface area contributed by atoms with Gasteiger partial charge >= 0.3 is 6.03 Å². The van der Waals surface area contributed by atoms with Crippen LogP contribution in [0.25, 0.3) is 0 Å². The van der Waals surface area contributed by atoms with E-state index in [1.165, 1.54) is 0 Å². The molecule has 168 valence electrons. The molecular weight excluding hydrogens is 402 g/mol. The number of nitrogens with zero attached hydrogens (tertiary/aromatic N) is 2. The van der Waals surface area contributed by atoms with E-state index in [4.69, 9.17) is 0 Å². The van der Waals surface area contributed by atoms with Crippen molar-refractivity contribution in [2.24, 2.45) is 5.92 Å². The molecule has 0 unspecified atom stereocenters. The smallest absolute Gasteiger partial charge is 0.323 e. The summed E-state index contributed by atoms with van der Waals surface area (Å²) in [6, 6.07) is 16.0. The first-order valence-corrected chi connectivity index (χ1v) is 10.9. The van der Waals surface area contributed by atoms with Gasteiger partial charge in [0.15, 0.2) is 0 Å². The Balaban J connectivity index is 1.49. The molecule has 1 aromatic heterocycles. The summed E-state index contributed by atoms with van der Waals surface area (Å²) in [6.45, 7) is 9.27. The number of carbonyl (C=O) groups is 2. The van der Waals surface area contributed by atoms with Gasteiger partial charge in [0.2, 0.25) is 5.91 Å². The lowest BCUT2D eigenvalue weighted by Crippen LogP contribution is -2.19. The van der Waals surface area contributed by atoms with E-state index in [-0.39, 0.29) is 11.9 Å². The first kappa shape index (κ1) is 23.1. The summed E-state index contributed by atoms with van der Waals surface area (Å²) in [5, 5.41) is 13.1. The summed E-state index contributed by atoms with van der Waals surface area (Å²) in [5.74, 6) is 0.467. The van der Waals surface area contributed by atoms with Crippen LogP contribution in [-0.4, -0.2) is 21.7 Å². The maximum atomic E-state index is 12.4. The molecule has 3 N–H and O–H groups in total. The van der Waals surface area contributed by atoms with Crippen molar-refractivity contribution in [1.82, 2.24) is 9.78 Å². The lowest BCUT2D eigenvalue weighted by atomic mass is 10.1. The second-order valence-corrected chi connectivity index (χ2v) is 8.30. The summed E-state index contributed by atoms with van der Waals surface area (Å²) >= 11 is 0. The van der Waals surface area contributed by atoms with Gasteiger partial charge in [-0.05, 0) is 68.1 Å². The molecule has 0 fully saturated rings. The van der Waals surface area contributed by atoms with Crippen molar-refractivity contribution in [1.29, 1.82) is 0 Å². The average Bonchev–Trinajstić information content (AvgIpc) is 3.00. The fourth-order valence-electron chi connectivity index (χ4n) is 3.53. The van der Waals surface area contributed by atoms with Crippen molar-refractivity contribution in [3.05, 3.63) is 71.5 Å². The lowest BCUT2D eigenvalue weighted by Gasteiger charge is -2.10. The predicted octanol–water partition coefficient (Wildman–Crippen LogP) is 5.37. The highest BCUT2D eigenvalue weighted by molar-refractivity contribution is 6.00. The van der Waals surface area contributed by atoms with Crippen LogP contribution in [0.3, 0.4) is 0 Å². The fraction of sp³-hybridized carbons (Fsp3) is 0.320. The number of nitrogens with one attached hydrogen (secondary N) is 3. The van der Waals surface area contributed by atoms with Crippen LogP contribution in [-0.2, 0) is 17.8 Å². The van der Waals surface area contributed by atoms with Gasteiger partial charge in [-0.3, -0.25) is 9.48 Å². The zero-order valence-electron chi connectivity index (χ0n) is 19.1. The van der Waals surface area contributed by atoms with Crippen molar-refractivity contribution in [3.63, 3.8) is 0 Å². The molecule has 0 aliphatic rings. The zero-order valence-corrected chi connectivity index (χ0v) is 19.1. The van der Waals surface area contributed by atoms with Gasteiger partial charge in [0, 0.05) is 35.7 Å². The summed E-state index contributed by atoms with van der Waals surface area (Å²) in [6.07, 6.45) is 1.04. The normalized spacial score (nSPS) is 10.8. The topological polar surface area (TPSA) is 88.1 Å². The minimum Gasteiger partial charge on any atom is -0.326 e. The van der Waals surface area contributed by atoms with Crippen LogP contribution in [0.5, 0.6) is 0 Å². The monoisotopic (exact) mass is 433 g/mol. The van der Waals surface area contributed by atoms with Gasteiger partial charge in [-0.15, -0.1) is 0 Å². The molecule has 3 aromatic rings. The maximum absolute atomic E-state index is 12.4. The van der Waals surface area contributed by atoms with Crippen molar-refractivity contribution >= 4 is 29.0 Å². The number of hydrogen-bond acceptors (Lipinski definition) is 3. The molecule has 0 aliphatic heterocycles. The van der Waals surface area contributed by atoms with Gasteiger partial charge in [-0.2, -0.15) is 5.10 Å². The minimum absolute atomic E-state index is 0.0528. The van der Waals surface area contributed by atoms with Crippen molar-refractivity contribution in [2.45, 2.75) is 47.1 Å². The molecule has 32 heavy (non-hydrogen) atoms. The van der Waals surface area contributed by atoms with Crippen LogP contribution in [0.15, 0.2) is 54.6 Å². The first-order chi connectivity index (χ1) is 15.3. The molecular formula is C25H31N5O2. The second-order valence-electron chi connectivity index (χ2n) is 8.30. The molecule has 0 atom stereocenters. The summed E-state index contributed by atoms with van der Waals surface area (Å²) in [5.41, 5.74) is 5.31. The van der Waals surface area contributed by atoms with E-state index in [2.05, 4.69) is 41.8 Å². The summed E-state index contributed by atoms with van der Waals surface area (Å²) in [4.78, 5) is 24.5. The average molecular weight is 434 g/mol. The maximum Gasteiger partial charge on any atom is 0.323 e. The van der Waals surface area contributed by atoms with Crippen LogP contribution in [0.1, 0.15) is 37.2 Å². The third kappa shape index (κ3) is 6.44. The predicted molar refractivity (Wildman–Crippen MR) is 129 cm³/mol. The molecule has 0 saturated heterocycles. The number of anilines is 3. The highest BCUT2D eigenvalue weighted by atomic mass is 16.2. The zero-order chi connectivity index (χ0) is 23.1. The van der Waals surface area contributed by atoms with Crippen LogP contribution < -0.4 is 16.0 Å². The van der Waals surface area contributed by atoms with Gasteiger partial charge in [0.1, 0.15) is 0 Å². The standard InChI is InChI=1S/C25H31N5O2/c1-17(2)16-30-19(4)23(18(3)29-30)14-15-24(31)26-21-10-12-22(13-11-21)28-25(32)27-20-8-6-5-7-9-20/h5-13,17H,14-16H2,1-4H3,(H,26,31)(H2,27,28,32). The molecule has 7 heteroatoms. The highest BCUT2D eigenvalue weighted by Crippen LogP contribution is 2.18. The van der Waals surface area contributed by atoms with Gasteiger partial charge < -0.3 is 16.0 Å². The van der Waals surface area contributed by atoms with Gasteiger partial charge in [-0.25, -0.2) is 4.79 Å². The number of urea groups is 1. The Morgan fingerprint density at radius 1 is 0.875 bits per heavy atom. The molecule has 0 bridgehead atoms. The molecule has 0 aliphatic carbocycles. The largest absolute Gasteiger partial charge is 0.326 e. The first-order valence-electron chi connectivity index (χ1n) is 10.9. The Bertz CT molecular complexity index is 1060. The van der Waals surface area contributed by atoms with E-state index in [0.717, 1.165) is 23.5 Å². The van der Waals surface area contributed by atoms with Crippen molar-refractivity contribution in [3.8, 4) is 0 Å². The van der Waals surface area contributed by atoms with Gasteiger partial charge in [0.05, 0.1) is 5.69 Å². The second kappa shape index (κ2) is 10.6. The number of amides is 3. The third-order valence-corrected chi connectivity index (χ3v) is 5.13. The third-order valence-electron chi connectivity index (χ3n) is 5.13. The van der Waals surface area contributed by atoms with E-state index in [9.17, 15) is 9.59 Å². The Kier molecular flexibility index (Phi) is 7.65. The molecule has 2 aromatic carbocycles. The van der Waals surface area contributed by atoms with E-state index in [0.29, 0.717) is 35.8 Å². The fourth-order valence-corrected chi connectivity index (χ4v) is 3.53. The Morgan fingerprint density at radius 2 is 1.44 bits per heavy atom. The van der Waals surface area contributed by atoms with Crippen LogP contribution in [0, 0.1) is 19.8 Å². The van der Waals surface area contributed by atoms with Crippen LogP contribution in [0.4, 0.5) is 21.9 Å². The van der Waals surface area contributed by atoms with Crippen LogP contribution in [0.2, 0.25) is 0 Å². The molecule has 1 heterocycles. The summed E-state index contributed by atoms with van der Waals surface area (Å²) < 4.78 is 2.03. The van der Waals surface area contributed by atoms with E-state index >= 15 is 0 Å². The summed E-state index contributed by atoms with van der Waals surface area (Å²) in [7, 11) is 0. The number of rotatable bonds is 8. The van der Waals surface area contributed by atoms with Crippen molar-refractivity contribution in [2.75, 3.05) is 16.0 Å². The quantitative estimate of drug-likeness (QED) is 0.446. The van der Waals surface area contributed by atoms with Gasteiger partial charge in [-0.1, -0.05) is 32.0 Å².